The Hall–Kier alpha value is -2.71. The van der Waals surface area contributed by atoms with Gasteiger partial charge in [-0.3, -0.25) is 9.59 Å². The van der Waals surface area contributed by atoms with Crippen LogP contribution in [0.3, 0.4) is 0 Å². The van der Waals surface area contributed by atoms with Crippen molar-refractivity contribution in [1.29, 1.82) is 0 Å². The van der Waals surface area contributed by atoms with E-state index in [1.54, 1.807) is 41.3 Å². The van der Waals surface area contributed by atoms with Crippen LogP contribution >= 0.6 is 0 Å². The number of nitrogens with zero attached hydrogens (tertiary/aromatic N) is 2. The second-order valence-corrected chi connectivity index (χ2v) is 10.1. The van der Waals surface area contributed by atoms with Crippen LogP contribution in [0.5, 0.6) is 0 Å². The van der Waals surface area contributed by atoms with Gasteiger partial charge in [0.1, 0.15) is 0 Å². The zero-order valence-electron chi connectivity index (χ0n) is 17.6. The molecule has 0 aromatic heterocycles. The summed E-state index contributed by atoms with van der Waals surface area (Å²) in [5.41, 5.74) is 2.45. The molecule has 1 atom stereocenters. The number of benzene rings is 2. The van der Waals surface area contributed by atoms with Gasteiger partial charge < -0.3 is 10.2 Å². The van der Waals surface area contributed by atoms with Crippen molar-refractivity contribution in [2.75, 3.05) is 29.9 Å². The molecule has 2 aromatic rings. The predicted molar refractivity (Wildman–Crippen MR) is 119 cm³/mol. The maximum Gasteiger partial charge on any atom is 0.243 e. The van der Waals surface area contributed by atoms with E-state index in [1.165, 1.54) is 4.31 Å². The lowest BCUT2D eigenvalue weighted by Gasteiger charge is -2.31. The molecule has 8 heteroatoms. The maximum absolute atomic E-state index is 12.9. The first-order chi connectivity index (χ1) is 14.9. The second-order valence-electron chi connectivity index (χ2n) is 8.15. The van der Waals surface area contributed by atoms with Gasteiger partial charge in [0, 0.05) is 37.4 Å². The molecule has 2 aliphatic rings. The number of hydrogen-bond acceptors (Lipinski definition) is 4. The van der Waals surface area contributed by atoms with Gasteiger partial charge in [-0.05, 0) is 62.1 Å². The number of carbonyl (C=O) groups excluding carboxylic acids is 2. The first-order valence-corrected chi connectivity index (χ1v) is 12.1. The molecule has 0 aliphatic carbocycles. The third-order valence-electron chi connectivity index (χ3n) is 5.96. The molecule has 7 nitrogen and oxygen atoms in total. The fraction of sp³-hybridized carbons (Fsp3) is 0.391. The molecule has 0 unspecified atom stereocenters. The summed E-state index contributed by atoms with van der Waals surface area (Å²) in [5.74, 6) is -0.466. The molecule has 4 rings (SSSR count). The second kappa shape index (κ2) is 8.80. The van der Waals surface area contributed by atoms with Crippen LogP contribution in [0, 0.1) is 12.8 Å². The highest BCUT2D eigenvalue weighted by atomic mass is 32.2. The molecule has 31 heavy (non-hydrogen) atoms. The molecule has 2 saturated heterocycles. The number of aryl methyl sites for hydroxylation is 1. The molecule has 0 spiro atoms. The molecular weight excluding hydrogens is 414 g/mol. The first-order valence-electron chi connectivity index (χ1n) is 10.6. The van der Waals surface area contributed by atoms with Gasteiger partial charge in [-0.15, -0.1) is 0 Å². The molecule has 0 bridgehead atoms. The lowest BCUT2D eigenvalue weighted by atomic mass is 9.98. The molecule has 164 valence electrons. The SMILES string of the molecule is Cc1cc(NC(=O)[C@H]2CCCN(S(=O)(=O)c3ccccc3)C2)ccc1N1CCCC1=O. The zero-order valence-corrected chi connectivity index (χ0v) is 18.4. The Kier molecular flexibility index (Phi) is 6.11. The van der Waals surface area contributed by atoms with Crippen LogP contribution in [0.25, 0.3) is 0 Å². The summed E-state index contributed by atoms with van der Waals surface area (Å²) in [7, 11) is -3.61. The summed E-state index contributed by atoms with van der Waals surface area (Å²) >= 11 is 0. The van der Waals surface area contributed by atoms with Crippen molar-refractivity contribution in [2.45, 2.75) is 37.5 Å². The van der Waals surface area contributed by atoms with Gasteiger partial charge in [0.25, 0.3) is 0 Å². The van der Waals surface area contributed by atoms with E-state index in [1.807, 2.05) is 19.1 Å². The van der Waals surface area contributed by atoms with Crippen LogP contribution in [0.1, 0.15) is 31.2 Å². The van der Waals surface area contributed by atoms with Gasteiger partial charge in [-0.2, -0.15) is 4.31 Å². The van der Waals surface area contributed by atoms with Gasteiger partial charge in [0.2, 0.25) is 21.8 Å². The van der Waals surface area contributed by atoms with Crippen molar-refractivity contribution in [3.8, 4) is 0 Å². The number of carbonyl (C=O) groups is 2. The summed E-state index contributed by atoms with van der Waals surface area (Å²) in [6, 6.07) is 13.8. The highest BCUT2D eigenvalue weighted by molar-refractivity contribution is 7.89. The van der Waals surface area contributed by atoms with E-state index in [0.29, 0.717) is 31.5 Å². The predicted octanol–water partition coefficient (Wildman–Crippen LogP) is 3.16. The number of piperidine rings is 1. The van der Waals surface area contributed by atoms with Crippen LogP contribution in [0.2, 0.25) is 0 Å². The Morgan fingerprint density at radius 3 is 2.52 bits per heavy atom. The highest BCUT2D eigenvalue weighted by Crippen LogP contribution is 2.29. The molecule has 0 saturated carbocycles. The van der Waals surface area contributed by atoms with E-state index >= 15 is 0 Å². The Balaban J connectivity index is 1.44. The monoisotopic (exact) mass is 441 g/mol. The van der Waals surface area contributed by atoms with Crippen molar-refractivity contribution in [3.05, 3.63) is 54.1 Å². The van der Waals surface area contributed by atoms with Crippen molar-refractivity contribution < 1.29 is 18.0 Å². The number of hydrogen-bond donors (Lipinski definition) is 1. The van der Waals surface area contributed by atoms with Gasteiger partial charge in [-0.25, -0.2) is 8.42 Å². The topological polar surface area (TPSA) is 86.8 Å². The van der Waals surface area contributed by atoms with Crippen molar-refractivity contribution in [3.63, 3.8) is 0 Å². The summed E-state index contributed by atoms with van der Waals surface area (Å²) in [5, 5.41) is 2.93. The molecule has 2 heterocycles. The molecule has 2 aliphatic heterocycles. The van der Waals surface area contributed by atoms with Gasteiger partial charge >= 0.3 is 0 Å². The zero-order chi connectivity index (χ0) is 22.0. The number of anilines is 2. The molecule has 2 aromatic carbocycles. The number of nitrogens with one attached hydrogen (secondary N) is 1. The van der Waals surface area contributed by atoms with Gasteiger partial charge in [0.15, 0.2) is 0 Å². The lowest BCUT2D eigenvalue weighted by molar-refractivity contribution is -0.121. The molecule has 2 amide bonds. The average Bonchev–Trinajstić information content (AvgIpc) is 3.20. The largest absolute Gasteiger partial charge is 0.326 e. The Labute approximate surface area is 183 Å². The third-order valence-corrected chi connectivity index (χ3v) is 7.84. The van der Waals surface area contributed by atoms with Gasteiger partial charge in [-0.1, -0.05) is 18.2 Å². The fourth-order valence-corrected chi connectivity index (χ4v) is 5.84. The summed E-state index contributed by atoms with van der Waals surface area (Å²) < 4.78 is 27.2. The third kappa shape index (κ3) is 4.50. The van der Waals surface area contributed by atoms with Crippen LogP contribution in [0.15, 0.2) is 53.4 Å². The highest BCUT2D eigenvalue weighted by Gasteiger charge is 2.33. The lowest BCUT2D eigenvalue weighted by Crippen LogP contribution is -2.43. The van der Waals surface area contributed by atoms with E-state index < -0.39 is 15.9 Å². The number of amides is 2. The molecular formula is C23H27N3O4S. The van der Waals surface area contributed by atoms with Crippen molar-refractivity contribution in [1.82, 2.24) is 4.31 Å². The Morgan fingerprint density at radius 2 is 1.84 bits per heavy atom. The minimum Gasteiger partial charge on any atom is -0.326 e. The maximum atomic E-state index is 12.9. The normalized spacial score (nSPS) is 20.1. The van der Waals surface area contributed by atoms with Gasteiger partial charge in [0.05, 0.1) is 10.8 Å². The van der Waals surface area contributed by atoms with Crippen molar-refractivity contribution >= 4 is 33.2 Å². The standard InChI is InChI=1S/C23H27N3O4S/c1-17-15-19(11-12-21(17)26-14-6-10-22(26)27)24-23(28)18-7-5-13-25(16-18)31(29,30)20-8-3-2-4-9-20/h2-4,8-9,11-12,15,18H,5-7,10,13-14,16H2,1H3,(H,24,28)/t18-/m0/s1. The Morgan fingerprint density at radius 1 is 1.06 bits per heavy atom. The van der Waals surface area contributed by atoms with E-state index in [4.69, 9.17) is 0 Å². The number of sulfonamides is 1. The minimum atomic E-state index is -3.61. The summed E-state index contributed by atoms with van der Waals surface area (Å²) in [6.07, 6.45) is 2.72. The first kappa shape index (κ1) is 21.5. The quantitative estimate of drug-likeness (QED) is 0.772. The average molecular weight is 442 g/mol. The van der Waals surface area contributed by atoms with Crippen LogP contribution < -0.4 is 10.2 Å². The van der Waals surface area contributed by atoms with Crippen molar-refractivity contribution in [2.24, 2.45) is 5.92 Å². The van der Waals surface area contributed by atoms with E-state index in [2.05, 4.69) is 5.32 Å². The summed E-state index contributed by atoms with van der Waals surface area (Å²) in [6.45, 7) is 3.23. The van der Waals surface area contributed by atoms with Crippen LogP contribution in [-0.4, -0.2) is 44.2 Å². The van der Waals surface area contributed by atoms with E-state index in [0.717, 1.165) is 24.2 Å². The summed E-state index contributed by atoms with van der Waals surface area (Å²) in [4.78, 5) is 26.9. The van der Waals surface area contributed by atoms with E-state index in [9.17, 15) is 18.0 Å². The Bertz CT molecular complexity index is 1090. The number of rotatable bonds is 5. The van der Waals surface area contributed by atoms with E-state index in [-0.39, 0.29) is 23.3 Å². The minimum absolute atomic E-state index is 0.127. The molecule has 1 N–H and O–H groups in total. The van der Waals surface area contributed by atoms with Crippen LogP contribution in [-0.2, 0) is 19.6 Å². The fourth-order valence-electron chi connectivity index (χ4n) is 4.30. The van der Waals surface area contributed by atoms with Crippen LogP contribution in [0.4, 0.5) is 11.4 Å². The molecule has 0 radical (unpaired) electrons. The smallest absolute Gasteiger partial charge is 0.243 e. The molecule has 2 fully saturated rings.